The number of hydrogen-bond donors (Lipinski definition) is 2. The molecule has 3 rings (SSSR count). The van der Waals surface area contributed by atoms with Gasteiger partial charge >= 0.3 is 0 Å². The maximum atomic E-state index is 14.0. The minimum Gasteiger partial charge on any atom is -0.363 e. The van der Waals surface area contributed by atoms with Gasteiger partial charge in [0.2, 0.25) is 5.13 Å². The normalized spacial score (nSPS) is 11.8. The molecule has 0 aliphatic rings. The molecule has 0 saturated heterocycles. The lowest BCUT2D eigenvalue weighted by molar-refractivity contribution is 0.102. The minimum absolute atomic E-state index is 0.229. The average Bonchev–Trinajstić information content (AvgIpc) is 3.15. The maximum absolute atomic E-state index is 14.0. The third-order valence-corrected chi connectivity index (χ3v) is 4.28. The van der Waals surface area contributed by atoms with E-state index >= 15 is 0 Å². The highest BCUT2D eigenvalue weighted by Crippen LogP contribution is 2.25. The highest BCUT2D eigenvalue weighted by atomic mass is 32.1. The third kappa shape index (κ3) is 4.17. The molecule has 1 atom stereocenters. The van der Waals surface area contributed by atoms with Gasteiger partial charge < -0.3 is 5.32 Å². The number of carbonyl (C=O) groups excluding carboxylic acids is 1. The molecule has 0 saturated carbocycles. The van der Waals surface area contributed by atoms with E-state index in [1.54, 1.807) is 12.1 Å². The zero-order valence-corrected chi connectivity index (χ0v) is 14.6. The van der Waals surface area contributed by atoms with E-state index in [1.165, 1.54) is 29.1 Å². The first kappa shape index (κ1) is 17.9. The molecular weight excluding hydrogens is 360 g/mol. The Bertz CT molecular complexity index is 887. The van der Waals surface area contributed by atoms with Crippen LogP contribution in [0.15, 0.2) is 42.0 Å². The molecule has 26 heavy (non-hydrogen) atoms. The van der Waals surface area contributed by atoms with Gasteiger partial charge in [-0.15, -0.1) is 10.2 Å². The summed E-state index contributed by atoms with van der Waals surface area (Å²) in [4.78, 5) is 16.3. The predicted molar refractivity (Wildman–Crippen MR) is 95.1 cm³/mol. The molecule has 1 aromatic carbocycles. The molecule has 0 aliphatic heterocycles. The van der Waals surface area contributed by atoms with Crippen LogP contribution in [0, 0.1) is 11.6 Å². The molecule has 0 spiro atoms. The van der Waals surface area contributed by atoms with Crippen molar-refractivity contribution < 1.29 is 13.6 Å². The molecule has 0 radical (unpaired) electrons. The van der Waals surface area contributed by atoms with Crippen LogP contribution in [-0.4, -0.2) is 21.1 Å². The number of amides is 1. The van der Waals surface area contributed by atoms with Gasteiger partial charge in [0.25, 0.3) is 5.91 Å². The van der Waals surface area contributed by atoms with Gasteiger partial charge in [-0.3, -0.25) is 10.1 Å². The van der Waals surface area contributed by atoms with Crippen LogP contribution in [0.5, 0.6) is 0 Å². The molecule has 0 fully saturated rings. The first-order valence-corrected chi connectivity index (χ1v) is 8.70. The summed E-state index contributed by atoms with van der Waals surface area (Å²) in [5.41, 5.74) is 2.08. The van der Waals surface area contributed by atoms with Crippen molar-refractivity contribution >= 4 is 28.2 Å². The Morgan fingerprint density at radius 2 is 2.12 bits per heavy atom. The van der Waals surface area contributed by atoms with Crippen LogP contribution >= 0.6 is 11.3 Å². The Balaban J connectivity index is 1.71. The van der Waals surface area contributed by atoms with E-state index in [0.717, 1.165) is 12.1 Å². The Morgan fingerprint density at radius 3 is 2.77 bits per heavy atom. The van der Waals surface area contributed by atoms with Crippen molar-refractivity contribution in [3.05, 3.63) is 64.8 Å². The van der Waals surface area contributed by atoms with Crippen LogP contribution in [0.3, 0.4) is 0 Å². The van der Waals surface area contributed by atoms with Crippen molar-refractivity contribution in [2.24, 2.45) is 0 Å². The van der Waals surface area contributed by atoms with E-state index in [1.807, 2.05) is 6.92 Å². The van der Waals surface area contributed by atoms with Crippen LogP contribution in [-0.2, 0) is 0 Å². The number of hydrogen-bond acceptors (Lipinski definition) is 6. The highest BCUT2D eigenvalue weighted by Gasteiger charge is 2.16. The standard InChI is InChI=1S/C17H15F2N5OS/c1-2-14(12-7-11(18)4-5-13(12)19)22-15-6-3-10(8-20-15)16(25)23-17-24-21-9-26-17/h3-9,14H,2H2,1H3,(H,20,22)(H,23,24,25). The summed E-state index contributed by atoms with van der Waals surface area (Å²) in [6.45, 7) is 1.85. The van der Waals surface area contributed by atoms with Crippen molar-refractivity contribution in [3.8, 4) is 0 Å². The molecular formula is C17H15F2N5OS. The number of benzene rings is 1. The maximum Gasteiger partial charge on any atom is 0.259 e. The van der Waals surface area contributed by atoms with Gasteiger partial charge in [0.1, 0.15) is 23.0 Å². The van der Waals surface area contributed by atoms with E-state index in [9.17, 15) is 13.6 Å². The zero-order chi connectivity index (χ0) is 18.5. The van der Waals surface area contributed by atoms with Gasteiger partial charge in [-0.1, -0.05) is 18.3 Å². The van der Waals surface area contributed by atoms with Gasteiger partial charge in [0, 0.05) is 11.8 Å². The number of nitrogens with zero attached hydrogens (tertiary/aromatic N) is 3. The Hall–Kier alpha value is -2.94. The molecule has 0 aliphatic carbocycles. The molecule has 6 nitrogen and oxygen atoms in total. The molecule has 2 N–H and O–H groups in total. The lowest BCUT2D eigenvalue weighted by atomic mass is 10.0. The monoisotopic (exact) mass is 375 g/mol. The Morgan fingerprint density at radius 1 is 1.27 bits per heavy atom. The topological polar surface area (TPSA) is 79.8 Å². The fourth-order valence-electron chi connectivity index (χ4n) is 2.37. The first-order valence-electron chi connectivity index (χ1n) is 7.82. The van der Waals surface area contributed by atoms with E-state index < -0.39 is 17.7 Å². The van der Waals surface area contributed by atoms with E-state index in [2.05, 4.69) is 25.8 Å². The first-order chi connectivity index (χ1) is 12.6. The van der Waals surface area contributed by atoms with Gasteiger partial charge in [0.15, 0.2) is 0 Å². The molecule has 2 aromatic heterocycles. The fourth-order valence-corrected chi connectivity index (χ4v) is 2.81. The summed E-state index contributed by atoms with van der Waals surface area (Å²) in [6.07, 6.45) is 1.93. The molecule has 2 heterocycles. The van der Waals surface area contributed by atoms with Gasteiger partial charge in [-0.2, -0.15) is 0 Å². The Kier molecular flexibility index (Phi) is 5.47. The van der Waals surface area contributed by atoms with Crippen molar-refractivity contribution in [1.29, 1.82) is 0 Å². The second kappa shape index (κ2) is 7.96. The summed E-state index contributed by atoms with van der Waals surface area (Å²) in [5, 5.41) is 13.4. The van der Waals surface area contributed by atoms with Crippen LogP contribution in [0.2, 0.25) is 0 Å². The van der Waals surface area contributed by atoms with Crippen molar-refractivity contribution in [3.63, 3.8) is 0 Å². The fraction of sp³-hybridized carbons (Fsp3) is 0.176. The number of pyridine rings is 1. The lowest BCUT2D eigenvalue weighted by Crippen LogP contribution is -2.14. The van der Waals surface area contributed by atoms with Gasteiger partial charge in [0.05, 0.1) is 11.6 Å². The molecule has 9 heteroatoms. The number of carbonyl (C=O) groups is 1. The molecule has 1 unspecified atom stereocenters. The third-order valence-electron chi connectivity index (χ3n) is 3.67. The number of halogens is 2. The van der Waals surface area contributed by atoms with E-state index in [-0.39, 0.29) is 11.5 Å². The summed E-state index contributed by atoms with van der Waals surface area (Å²) >= 11 is 1.21. The van der Waals surface area contributed by atoms with Crippen LogP contribution < -0.4 is 10.6 Å². The summed E-state index contributed by atoms with van der Waals surface area (Å²) in [7, 11) is 0. The Labute approximate surface area is 152 Å². The summed E-state index contributed by atoms with van der Waals surface area (Å²) in [6, 6.07) is 6.09. The molecule has 3 aromatic rings. The number of rotatable bonds is 6. The SMILES string of the molecule is CCC(Nc1ccc(C(=O)Nc2nncs2)cn1)c1cc(F)ccc1F. The van der Waals surface area contributed by atoms with Crippen molar-refractivity contribution in [1.82, 2.24) is 15.2 Å². The zero-order valence-electron chi connectivity index (χ0n) is 13.7. The number of aromatic nitrogens is 3. The molecule has 1 amide bonds. The minimum atomic E-state index is -0.502. The van der Waals surface area contributed by atoms with Crippen molar-refractivity contribution in [2.45, 2.75) is 19.4 Å². The van der Waals surface area contributed by atoms with Crippen LogP contribution in [0.25, 0.3) is 0 Å². The molecule has 0 bridgehead atoms. The summed E-state index contributed by atoms with van der Waals surface area (Å²) < 4.78 is 27.4. The molecule has 134 valence electrons. The van der Waals surface area contributed by atoms with E-state index in [0.29, 0.717) is 22.9 Å². The summed E-state index contributed by atoms with van der Waals surface area (Å²) in [5.74, 6) is -0.894. The van der Waals surface area contributed by atoms with Gasteiger partial charge in [-0.25, -0.2) is 13.8 Å². The number of anilines is 2. The average molecular weight is 375 g/mol. The van der Waals surface area contributed by atoms with Crippen LogP contribution in [0.4, 0.5) is 19.7 Å². The number of nitrogens with one attached hydrogen (secondary N) is 2. The van der Waals surface area contributed by atoms with Crippen molar-refractivity contribution in [2.75, 3.05) is 10.6 Å². The van der Waals surface area contributed by atoms with Gasteiger partial charge in [-0.05, 0) is 36.8 Å². The largest absolute Gasteiger partial charge is 0.363 e. The second-order valence-electron chi connectivity index (χ2n) is 5.40. The quantitative estimate of drug-likeness (QED) is 0.680. The predicted octanol–water partition coefficient (Wildman–Crippen LogP) is 4.03. The van der Waals surface area contributed by atoms with E-state index in [4.69, 9.17) is 0 Å². The smallest absolute Gasteiger partial charge is 0.259 e. The highest BCUT2D eigenvalue weighted by molar-refractivity contribution is 7.13. The second-order valence-corrected chi connectivity index (χ2v) is 6.23. The van der Waals surface area contributed by atoms with Crippen LogP contribution in [0.1, 0.15) is 35.3 Å². The lowest BCUT2D eigenvalue weighted by Gasteiger charge is -2.19.